The van der Waals surface area contributed by atoms with E-state index in [-0.39, 0.29) is 18.0 Å². The standard InChI is InChI=1S/C21H23N5O8/c1-10(28)32-13-4-3-12(5-14(13)33-11(2)29)6-22-19-16-20(24-8-23-19)26(9-25-16)21-18(31)17(30)15(7-27)34-21/h3-5,8-9,15,17-18,21,27,30-31H,6-7H2,1-2H3,(H,22,23,24)/t15-,17-,18-,21?/m1/s1. The number of benzene rings is 1. The maximum absolute atomic E-state index is 11.4. The van der Waals surface area contributed by atoms with Crippen LogP contribution in [0.15, 0.2) is 30.9 Å². The Morgan fingerprint density at radius 3 is 2.50 bits per heavy atom. The molecule has 4 rings (SSSR count). The van der Waals surface area contributed by atoms with Gasteiger partial charge in [-0.15, -0.1) is 0 Å². The van der Waals surface area contributed by atoms with E-state index in [0.717, 1.165) is 0 Å². The van der Waals surface area contributed by atoms with Gasteiger partial charge in [0, 0.05) is 20.4 Å². The number of esters is 2. The Balaban J connectivity index is 1.56. The molecular formula is C21H23N5O8. The van der Waals surface area contributed by atoms with Gasteiger partial charge in [0.1, 0.15) is 24.6 Å². The van der Waals surface area contributed by atoms with Crippen LogP contribution in [0.25, 0.3) is 11.2 Å². The number of carbonyl (C=O) groups is 2. The highest BCUT2D eigenvalue weighted by Gasteiger charge is 2.44. The summed E-state index contributed by atoms with van der Waals surface area (Å²) >= 11 is 0. The minimum absolute atomic E-state index is 0.100. The highest BCUT2D eigenvalue weighted by molar-refractivity contribution is 5.82. The largest absolute Gasteiger partial charge is 0.423 e. The van der Waals surface area contributed by atoms with Crippen molar-refractivity contribution in [3.8, 4) is 11.5 Å². The van der Waals surface area contributed by atoms with E-state index in [0.29, 0.717) is 22.5 Å². The quantitative estimate of drug-likeness (QED) is 0.265. The van der Waals surface area contributed by atoms with Gasteiger partial charge < -0.3 is 34.8 Å². The number of ether oxygens (including phenoxy) is 3. The summed E-state index contributed by atoms with van der Waals surface area (Å²) < 4.78 is 17.2. The number of aliphatic hydroxyl groups is 3. The molecular weight excluding hydrogens is 450 g/mol. The number of hydrogen-bond donors (Lipinski definition) is 4. The minimum atomic E-state index is -1.28. The van der Waals surface area contributed by atoms with Gasteiger partial charge in [-0.2, -0.15) is 0 Å². The lowest BCUT2D eigenvalue weighted by Gasteiger charge is -2.16. The Kier molecular flexibility index (Phi) is 6.70. The lowest BCUT2D eigenvalue weighted by molar-refractivity contribution is -0.134. The van der Waals surface area contributed by atoms with Gasteiger partial charge in [-0.25, -0.2) is 15.0 Å². The number of carbonyl (C=O) groups excluding carboxylic acids is 2. The van der Waals surface area contributed by atoms with E-state index in [9.17, 15) is 24.9 Å². The monoisotopic (exact) mass is 473 g/mol. The van der Waals surface area contributed by atoms with Crippen molar-refractivity contribution < 1.29 is 39.1 Å². The molecule has 34 heavy (non-hydrogen) atoms. The second-order valence-electron chi connectivity index (χ2n) is 7.60. The van der Waals surface area contributed by atoms with Crippen LogP contribution in [0, 0.1) is 0 Å². The molecule has 0 radical (unpaired) electrons. The van der Waals surface area contributed by atoms with Crippen molar-refractivity contribution in [1.82, 2.24) is 19.5 Å². The zero-order chi connectivity index (χ0) is 24.4. The molecule has 180 valence electrons. The van der Waals surface area contributed by atoms with E-state index in [1.54, 1.807) is 12.1 Å². The molecule has 1 aliphatic rings. The summed E-state index contributed by atoms with van der Waals surface area (Å²) in [6, 6.07) is 4.76. The summed E-state index contributed by atoms with van der Waals surface area (Å²) in [5.74, 6) is -0.510. The summed E-state index contributed by atoms with van der Waals surface area (Å²) in [6.45, 7) is 2.28. The van der Waals surface area contributed by atoms with Gasteiger partial charge in [0.15, 0.2) is 34.7 Å². The molecule has 4 N–H and O–H groups in total. The number of imidazole rings is 1. The molecule has 1 unspecified atom stereocenters. The van der Waals surface area contributed by atoms with Crippen molar-refractivity contribution in [2.75, 3.05) is 11.9 Å². The fraction of sp³-hybridized carbons (Fsp3) is 0.381. The maximum atomic E-state index is 11.4. The van der Waals surface area contributed by atoms with Crippen molar-refractivity contribution >= 4 is 28.9 Å². The molecule has 1 aliphatic heterocycles. The summed E-state index contributed by atoms with van der Waals surface area (Å²) in [5, 5.41) is 32.8. The van der Waals surface area contributed by atoms with Crippen molar-refractivity contribution in [3.63, 3.8) is 0 Å². The van der Waals surface area contributed by atoms with Gasteiger partial charge in [0.05, 0.1) is 12.9 Å². The zero-order valence-corrected chi connectivity index (χ0v) is 18.3. The molecule has 0 saturated carbocycles. The second-order valence-corrected chi connectivity index (χ2v) is 7.60. The van der Waals surface area contributed by atoms with Crippen LogP contribution in [-0.4, -0.2) is 71.7 Å². The number of hydrogen-bond acceptors (Lipinski definition) is 12. The summed E-state index contributed by atoms with van der Waals surface area (Å²) in [4.78, 5) is 35.4. The average Bonchev–Trinajstić information content (AvgIpc) is 3.34. The van der Waals surface area contributed by atoms with Crippen LogP contribution < -0.4 is 14.8 Å². The van der Waals surface area contributed by atoms with Crippen LogP contribution in [0.3, 0.4) is 0 Å². The Morgan fingerprint density at radius 2 is 1.82 bits per heavy atom. The maximum Gasteiger partial charge on any atom is 0.308 e. The van der Waals surface area contributed by atoms with Gasteiger partial charge >= 0.3 is 11.9 Å². The van der Waals surface area contributed by atoms with Crippen LogP contribution in [-0.2, 0) is 20.9 Å². The molecule has 0 spiro atoms. The molecule has 0 aliphatic carbocycles. The number of nitrogens with one attached hydrogen (secondary N) is 1. The lowest BCUT2D eigenvalue weighted by Crippen LogP contribution is -2.33. The Bertz CT molecular complexity index is 1220. The van der Waals surface area contributed by atoms with E-state index in [4.69, 9.17) is 14.2 Å². The number of aromatic nitrogens is 4. The highest BCUT2D eigenvalue weighted by Crippen LogP contribution is 2.33. The Morgan fingerprint density at radius 1 is 1.09 bits per heavy atom. The predicted octanol–water partition coefficient (Wildman–Crippen LogP) is -0.0995. The number of nitrogens with zero attached hydrogens (tertiary/aromatic N) is 4. The van der Waals surface area contributed by atoms with Gasteiger partial charge in [0.25, 0.3) is 0 Å². The minimum Gasteiger partial charge on any atom is -0.423 e. The van der Waals surface area contributed by atoms with Crippen LogP contribution in [0.4, 0.5) is 5.82 Å². The smallest absolute Gasteiger partial charge is 0.308 e. The zero-order valence-electron chi connectivity index (χ0n) is 18.3. The first-order valence-corrected chi connectivity index (χ1v) is 10.3. The Labute approximate surface area is 192 Å². The molecule has 0 amide bonds. The molecule has 2 aromatic heterocycles. The number of anilines is 1. The second kappa shape index (κ2) is 9.69. The number of fused-ring (bicyclic) bond motifs is 1. The average molecular weight is 473 g/mol. The number of aliphatic hydroxyl groups excluding tert-OH is 3. The molecule has 1 saturated heterocycles. The molecule has 13 nitrogen and oxygen atoms in total. The SMILES string of the molecule is CC(=O)Oc1ccc(CNc2ncnc3c2ncn3C2O[C@H](CO)[C@@H](O)[C@H]2O)cc1OC(C)=O. The first kappa shape index (κ1) is 23.5. The van der Waals surface area contributed by atoms with E-state index in [1.165, 1.54) is 37.1 Å². The topological polar surface area (TPSA) is 178 Å². The highest BCUT2D eigenvalue weighted by atomic mass is 16.6. The van der Waals surface area contributed by atoms with Crippen molar-refractivity contribution in [2.24, 2.45) is 0 Å². The molecule has 1 aromatic carbocycles. The van der Waals surface area contributed by atoms with Crippen LogP contribution in [0.1, 0.15) is 25.6 Å². The van der Waals surface area contributed by atoms with Gasteiger partial charge in [0.2, 0.25) is 0 Å². The number of rotatable bonds is 7. The third kappa shape index (κ3) is 4.68. The van der Waals surface area contributed by atoms with E-state index in [2.05, 4.69) is 20.3 Å². The van der Waals surface area contributed by atoms with Crippen molar-refractivity contribution in [3.05, 3.63) is 36.4 Å². The molecule has 3 heterocycles. The van der Waals surface area contributed by atoms with Crippen LogP contribution in [0.2, 0.25) is 0 Å². The fourth-order valence-electron chi connectivity index (χ4n) is 3.60. The van der Waals surface area contributed by atoms with Crippen LogP contribution in [0.5, 0.6) is 11.5 Å². The third-order valence-electron chi connectivity index (χ3n) is 5.13. The van der Waals surface area contributed by atoms with Crippen molar-refractivity contribution in [2.45, 2.75) is 44.9 Å². The Hall–Kier alpha value is -3.65. The molecule has 4 atom stereocenters. The summed E-state index contributed by atoms with van der Waals surface area (Å²) in [6.07, 6.45) is -1.75. The van der Waals surface area contributed by atoms with E-state index < -0.39 is 43.1 Å². The normalized spacial score (nSPS) is 22.0. The van der Waals surface area contributed by atoms with Crippen molar-refractivity contribution in [1.29, 1.82) is 0 Å². The predicted molar refractivity (Wildman–Crippen MR) is 115 cm³/mol. The van der Waals surface area contributed by atoms with E-state index in [1.807, 2.05) is 0 Å². The van der Waals surface area contributed by atoms with E-state index >= 15 is 0 Å². The molecule has 0 bridgehead atoms. The fourth-order valence-corrected chi connectivity index (χ4v) is 3.60. The molecule has 13 heteroatoms. The van der Waals surface area contributed by atoms with Gasteiger partial charge in [-0.1, -0.05) is 6.07 Å². The van der Waals surface area contributed by atoms with Gasteiger partial charge in [-0.05, 0) is 17.7 Å². The van der Waals surface area contributed by atoms with Crippen LogP contribution >= 0.6 is 0 Å². The molecule has 3 aromatic rings. The third-order valence-corrected chi connectivity index (χ3v) is 5.13. The molecule has 1 fully saturated rings. The first-order chi connectivity index (χ1) is 16.3. The first-order valence-electron chi connectivity index (χ1n) is 10.3. The summed E-state index contributed by atoms with van der Waals surface area (Å²) in [5.41, 5.74) is 1.43. The lowest BCUT2D eigenvalue weighted by atomic mass is 10.1. The van der Waals surface area contributed by atoms with Gasteiger partial charge in [-0.3, -0.25) is 14.2 Å². The summed E-state index contributed by atoms with van der Waals surface area (Å²) in [7, 11) is 0.